The molecule has 1 aliphatic rings. The van der Waals surface area contributed by atoms with Crippen LogP contribution in [0.2, 0.25) is 0 Å². The second-order valence-electron chi connectivity index (χ2n) is 0.625. The average Bonchev–Trinajstić information content (AvgIpc) is 1.76. The molecule has 0 aromatic rings. The fourth-order valence-electron chi connectivity index (χ4n) is 0.156. The van der Waals surface area contributed by atoms with Gasteiger partial charge in [0, 0.05) is 8.55 Å². The monoisotopic (exact) mass is 108 g/mol. The summed E-state index contributed by atoms with van der Waals surface area (Å²) in [5, 5.41) is 0. The highest BCUT2D eigenvalue weighted by Gasteiger charge is 1.89. The molecule has 0 aliphatic carbocycles. The van der Waals surface area contributed by atoms with Crippen LogP contribution in [0.15, 0.2) is 0 Å². The summed E-state index contributed by atoms with van der Waals surface area (Å²) >= 11 is 0. The molecule has 0 atom stereocenters. The Balaban J connectivity index is 2.42. The Morgan fingerprint density at radius 1 is 1.00 bits per heavy atom. The molecule has 0 nitrogen and oxygen atoms in total. The zero-order valence-corrected chi connectivity index (χ0v) is 5.50. The summed E-state index contributed by atoms with van der Waals surface area (Å²) in [5.41, 5.74) is 6.05. The van der Waals surface area contributed by atoms with Crippen molar-refractivity contribution in [2.75, 3.05) is 0 Å². The summed E-state index contributed by atoms with van der Waals surface area (Å²) in [6, 6.07) is 0. The van der Waals surface area contributed by atoms with Crippen molar-refractivity contribution in [3.8, 4) is 11.1 Å². The predicted molar refractivity (Wildman–Crippen MR) is 25.0 cm³/mol. The van der Waals surface area contributed by atoms with Crippen LogP contribution < -0.4 is 0 Å². The van der Waals surface area contributed by atoms with Crippen LogP contribution in [0.1, 0.15) is 0 Å². The van der Waals surface area contributed by atoms with Crippen molar-refractivity contribution < 1.29 is 0 Å². The molecule has 5 heavy (non-hydrogen) atoms. The third kappa shape index (κ3) is 0.758. The maximum atomic E-state index is 3.02. The summed E-state index contributed by atoms with van der Waals surface area (Å²) in [6.07, 6.45) is 0. The molecule has 0 aromatic carbocycles. The molecule has 0 saturated carbocycles. The smallest absolute Gasteiger partial charge is 0.125 e. The quantitative estimate of drug-likeness (QED) is 0.272. The summed E-state index contributed by atoms with van der Waals surface area (Å²) in [6.45, 7) is 0. The van der Waals surface area contributed by atoms with Gasteiger partial charge in [0.25, 0.3) is 0 Å². The highest BCUT2D eigenvalue weighted by molar-refractivity contribution is 7.35. The van der Waals surface area contributed by atoms with E-state index in [4.69, 9.17) is 0 Å². The molecule has 0 unspecified atom stereocenters. The lowest BCUT2D eigenvalue weighted by Crippen LogP contribution is -2.00. The SMILES string of the molecule is C1#C[Si][Si][Si]1. The van der Waals surface area contributed by atoms with Crippen molar-refractivity contribution in [2.45, 2.75) is 0 Å². The number of hydrogen-bond acceptors (Lipinski definition) is 0. The second-order valence-corrected chi connectivity index (χ2v) is 6.38. The van der Waals surface area contributed by atoms with E-state index >= 15 is 0 Å². The molecule has 6 radical (unpaired) electrons. The number of rotatable bonds is 0. The lowest BCUT2D eigenvalue weighted by atomic mass is 11.4. The van der Waals surface area contributed by atoms with Crippen LogP contribution in [-0.4, -0.2) is 26.6 Å². The van der Waals surface area contributed by atoms with E-state index in [0.717, 1.165) is 26.6 Å². The van der Waals surface area contributed by atoms with Gasteiger partial charge >= 0.3 is 0 Å². The Kier molecular flexibility index (Phi) is 1.09. The van der Waals surface area contributed by atoms with Crippen LogP contribution in [0.25, 0.3) is 0 Å². The molecule has 0 aromatic heterocycles. The molecule has 1 heterocycles. The van der Waals surface area contributed by atoms with Gasteiger partial charge in [-0.1, -0.05) is 0 Å². The van der Waals surface area contributed by atoms with Gasteiger partial charge < -0.3 is 0 Å². The van der Waals surface area contributed by atoms with Gasteiger partial charge in [-0.15, -0.1) is 11.1 Å². The minimum atomic E-state index is 0.988. The molecule has 0 amide bonds. The minimum Gasteiger partial charge on any atom is -0.148 e. The summed E-state index contributed by atoms with van der Waals surface area (Å²) in [5.74, 6) is 0. The standard InChI is InChI=1S/C2Si3/c1-2-4-5-3-1. The van der Waals surface area contributed by atoms with Crippen molar-refractivity contribution in [1.29, 1.82) is 0 Å². The van der Waals surface area contributed by atoms with E-state index in [-0.39, 0.29) is 0 Å². The van der Waals surface area contributed by atoms with Gasteiger partial charge in [0.15, 0.2) is 0 Å². The van der Waals surface area contributed by atoms with Crippen LogP contribution in [-0.2, 0) is 0 Å². The van der Waals surface area contributed by atoms with E-state index in [9.17, 15) is 0 Å². The van der Waals surface area contributed by atoms with Crippen molar-refractivity contribution in [3.05, 3.63) is 0 Å². The maximum absolute atomic E-state index is 3.02. The highest BCUT2D eigenvalue weighted by Crippen LogP contribution is 1.61. The minimum absolute atomic E-state index is 0.988. The molecule has 0 N–H and O–H groups in total. The first-order valence-corrected chi connectivity index (χ1v) is 6.25. The molecule has 1 rings (SSSR count). The molecular formula is C2Si3. The first kappa shape index (κ1) is 3.40. The molecule has 0 bridgehead atoms. The summed E-state index contributed by atoms with van der Waals surface area (Å²) in [7, 11) is 3.12. The van der Waals surface area contributed by atoms with Gasteiger partial charge in [0.05, 0.1) is 0 Å². The molecule has 0 spiro atoms. The lowest BCUT2D eigenvalue weighted by Gasteiger charge is -1.59. The van der Waals surface area contributed by atoms with E-state index in [2.05, 4.69) is 11.1 Å². The maximum Gasteiger partial charge on any atom is 0.125 e. The van der Waals surface area contributed by atoms with Crippen molar-refractivity contribution in [2.24, 2.45) is 0 Å². The van der Waals surface area contributed by atoms with Crippen molar-refractivity contribution >= 4 is 26.6 Å². The average molecular weight is 108 g/mol. The molecule has 1 aliphatic heterocycles. The third-order valence-corrected chi connectivity index (χ3v) is 5.06. The van der Waals surface area contributed by atoms with Gasteiger partial charge in [-0.3, -0.25) is 0 Å². The molecule has 0 fully saturated rings. The lowest BCUT2D eigenvalue weighted by molar-refractivity contribution is 2.95. The van der Waals surface area contributed by atoms with E-state index in [1.54, 1.807) is 0 Å². The Morgan fingerprint density at radius 3 is 1.80 bits per heavy atom. The molecular weight excluding hydrogens is 108 g/mol. The number of hydrogen-bond donors (Lipinski definition) is 0. The summed E-state index contributed by atoms with van der Waals surface area (Å²) < 4.78 is 0. The molecule has 3 heteroatoms. The van der Waals surface area contributed by atoms with Crippen LogP contribution >= 0.6 is 0 Å². The van der Waals surface area contributed by atoms with Crippen molar-refractivity contribution in [3.63, 3.8) is 0 Å². The normalized spacial score (nSPS) is 17.6. The topological polar surface area (TPSA) is 0 Å². The first-order valence-electron chi connectivity index (χ1n) is 1.25. The van der Waals surface area contributed by atoms with Gasteiger partial charge in [0.1, 0.15) is 18.1 Å². The third-order valence-electron chi connectivity index (χ3n) is 0.312. The highest BCUT2D eigenvalue weighted by atomic mass is 29.5. The van der Waals surface area contributed by atoms with E-state index in [1.807, 2.05) is 0 Å². The van der Waals surface area contributed by atoms with Crippen molar-refractivity contribution in [1.82, 2.24) is 0 Å². The van der Waals surface area contributed by atoms with Crippen LogP contribution in [0.4, 0.5) is 0 Å². The Hall–Kier alpha value is 0.211. The fourth-order valence-corrected chi connectivity index (χ4v) is 4.22. The Bertz CT molecular complexity index is 68.6. The Labute approximate surface area is 38.4 Å². The summed E-state index contributed by atoms with van der Waals surface area (Å²) in [4.78, 5) is 0. The van der Waals surface area contributed by atoms with Gasteiger partial charge in [-0.2, -0.15) is 0 Å². The van der Waals surface area contributed by atoms with E-state index in [0.29, 0.717) is 0 Å². The van der Waals surface area contributed by atoms with Gasteiger partial charge in [0.2, 0.25) is 0 Å². The van der Waals surface area contributed by atoms with Crippen LogP contribution in [0.3, 0.4) is 0 Å². The predicted octanol–water partition coefficient (Wildman–Crippen LogP) is -1.14. The largest absolute Gasteiger partial charge is 0.148 e. The van der Waals surface area contributed by atoms with Crippen LogP contribution in [0.5, 0.6) is 0 Å². The molecule has 0 saturated heterocycles. The molecule has 20 valence electrons. The van der Waals surface area contributed by atoms with Crippen LogP contribution in [0, 0.1) is 11.1 Å². The van der Waals surface area contributed by atoms with E-state index < -0.39 is 0 Å². The first-order chi connectivity index (χ1) is 2.50. The van der Waals surface area contributed by atoms with E-state index in [1.165, 1.54) is 0 Å². The second kappa shape index (κ2) is 1.60. The van der Waals surface area contributed by atoms with Gasteiger partial charge in [-0.05, 0) is 0 Å². The zero-order chi connectivity index (χ0) is 3.54. The zero-order valence-electron chi connectivity index (χ0n) is 2.50. The fraction of sp³-hybridized carbons (Fsp3) is 0. The van der Waals surface area contributed by atoms with Gasteiger partial charge in [-0.25, -0.2) is 0 Å². The Morgan fingerprint density at radius 2 is 1.60 bits per heavy atom.